The number of pyridine rings is 1. The third-order valence-corrected chi connectivity index (χ3v) is 11.1. The van der Waals surface area contributed by atoms with Crippen molar-refractivity contribution in [3.8, 4) is 17.2 Å². The van der Waals surface area contributed by atoms with Crippen molar-refractivity contribution in [3.05, 3.63) is 71.4 Å². The monoisotopic (exact) mass is 683 g/mol. The first kappa shape index (κ1) is 31.3. The molecular formula is C36H31F2N5O5S. The number of rotatable bonds is 7. The third-order valence-electron chi connectivity index (χ3n) is 10.3. The van der Waals surface area contributed by atoms with Crippen LogP contribution in [0.25, 0.3) is 43.7 Å². The largest absolute Gasteiger partial charge is 0.465 e. The topological polar surface area (TPSA) is 129 Å². The molecule has 49 heavy (non-hydrogen) atoms. The minimum atomic E-state index is -1.67. The molecule has 2 bridgehead atoms. The second kappa shape index (κ2) is 11.9. The Hall–Kier alpha value is -4.93. The summed E-state index contributed by atoms with van der Waals surface area (Å²) in [5, 5.41) is 21.9. The zero-order chi connectivity index (χ0) is 34.1. The fourth-order valence-corrected chi connectivity index (χ4v) is 8.77. The maximum atomic E-state index is 17.3. The van der Waals surface area contributed by atoms with Crippen molar-refractivity contribution in [2.24, 2.45) is 5.92 Å². The van der Waals surface area contributed by atoms with Crippen molar-refractivity contribution in [1.29, 1.82) is 5.26 Å². The van der Waals surface area contributed by atoms with Gasteiger partial charge in [-0.2, -0.15) is 5.26 Å². The number of amides is 2. The van der Waals surface area contributed by atoms with E-state index in [-0.39, 0.29) is 66.0 Å². The number of carbonyl (C=O) groups is 2. The SMILES string of the molecule is CS(=O)c1nc2c(F)c(-c3cccc4ccc(F)cc34)c(CCC#N)cc2c2c1cc(CN1CCOCC1=O)n2[C@H]1[C@@H]2C[C@H]1N(C(=O)O)C2. The van der Waals surface area contributed by atoms with Crippen LogP contribution in [0.3, 0.4) is 0 Å². The molecule has 250 valence electrons. The predicted molar refractivity (Wildman–Crippen MR) is 178 cm³/mol. The van der Waals surface area contributed by atoms with Crippen molar-refractivity contribution >= 4 is 55.4 Å². The molecule has 4 atom stereocenters. The van der Waals surface area contributed by atoms with Gasteiger partial charge in [0.05, 0.1) is 47.6 Å². The predicted octanol–water partition coefficient (Wildman–Crippen LogP) is 5.76. The summed E-state index contributed by atoms with van der Waals surface area (Å²) in [4.78, 5) is 32.9. The molecule has 4 fully saturated rings. The zero-order valence-electron chi connectivity index (χ0n) is 26.5. The number of hydrogen-bond donors (Lipinski definition) is 1. The average molecular weight is 684 g/mol. The molecule has 13 heteroatoms. The lowest BCUT2D eigenvalue weighted by Crippen LogP contribution is -2.44. The lowest BCUT2D eigenvalue weighted by Gasteiger charge is -2.39. The second-order valence-electron chi connectivity index (χ2n) is 12.9. The fourth-order valence-electron chi connectivity index (χ4n) is 8.09. The van der Waals surface area contributed by atoms with Crippen LogP contribution >= 0.6 is 0 Å². The summed E-state index contributed by atoms with van der Waals surface area (Å²) in [6.45, 7) is 1.23. The minimum absolute atomic E-state index is 0.0117. The van der Waals surface area contributed by atoms with Gasteiger partial charge in [0.1, 0.15) is 23.0 Å². The van der Waals surface area contributed by atoms with E-state index in [0.29, 0.717) is 70.0 Å². The van der Waals surface area contributed by atoms with Crippen molar-refractivity contribution in [3.63, 3.8) is 0 Å². The highest BCUT2D eigenvalue weighted by molar-refractivity contribution is 7.84. The highest BCUT2D eigenvalue weighted by atomic mass is 32.2. The van der Waals surface area contributed by atoms with Crippen molar-refractivity contribution in [2.45, 2.75) is 42.9 Å². The number of ether oxygens (including phenoxy) is 1. The van der Waals surface area contributed by atoms with Gasteiger partial charge in [0.15, 0.2) is 5.82 Å². The molecule has 0 spiro atoms. The number of carbonyl (C=O) groups excluding carboxylic acids is 1. The van der Waals surface area contributed by atoms with Crippen molar-refractivity contribution in [1.82, 2.24) is 19.4 Å². The van der Waals surface area contributed by atoms with Crippen LogP contribution in [0.2, 0.25) is 0 Å². The molecule has 1 unspecified atom stereocenters. The number of hydrogen-bond acceptors (Lipinski definition) is 6. The number of nitriles is 1. The van der Waals surface area contributed by atoms with Crippen molar-refractivity contribution < 1.29 is 32.4 Å². The van der Waals surface area contributed by atoms with Gasteiger partial charge >= 0.3 is 6.09 Å². The highest BCUT2D eigenvalue weighted by Gasteiger charge is 2.55. The Bertz CT molecular complexity index is 2300. The van der Waals surface area contributed by atoms with E-state index in [0.717, 1.165) is 0 Å². The van der Waals surface area contributed by atoms with E-state index in [1.165, 1.54) is 23.3 Å². The molecule has 5 heterocycles. The highest BCUT2D eigenvalue weighted by Crippen LogP contribution is 2.52. The lowest BCUT2D eigenvalue weighted by molar-refractivity contribution is -0.143. The summed E-state index contributed by atoms with van der Waals surface area (Å²) in [5.74, 6) is -1.35. The molecule has 0 radical (unpaired) electrons. The second-order valence-corrected chi connectivity index (χ2v) is 14.2. The number of halogens is 2. The van der Waals surface area contributed by atoms with Gasteiger partial charge in [-0.15, -0.1) is 0 Å². The molecule has 3 aliphatic heterocycles. The molecular weight excluding hydrogens is 652 g/mol. The Morgan fingerprint density at radius 1 is 1.16 bits per heavy atom. The van der Waals surface area contributed by atoms with Crippen LogP contribution in [0, 0.1) is 28.9 Å². The maximum Gasteiger partial charge on any atom is 0.407 e. The Morgan fingerprint density at radius 2 is 2.00 bits per heavy atom. The molecule has 2 aromatic heterocycles. The van der Waals surface area contributed by atoms with Gasteiger partial charge in [-0.1, -0.05) is 24.3 Å². The lowest BCUT2D eigenvalue weighted by atomic mass is 9.79. The summed E-state index contributed by atoms with van der Waals surface area (Å²) < 4.78 is 52.6. The quantitative estimate of drug-likeness (QED) is 0.231. The van der Waals surface area contributed by atoms with Crippen LogP contribution in [-0.2, 0) is 33.3 Å². The Balaban J connectivity index is 1.45. The van der Waals surface area contributed by atoms with Crippen LogP contribution < -0.4 is 0 Å². The molecule has 4 aliphatic rings. The Labute approximate surface area is 281 Å². The Morgan fingerprint density at radius 3 is 2.73 bits per heavy atom. The summed E-state index contributed by atoms with van der Waals surface area (Å²) in [5.41, 5.74) is 2.39. The normalized spacial score (nSPS) is 21.0. The number of aryl methyl sites for hydroxylation is 1. The average Bonchev–Trinajstić information content (AvgIpc) is 3.78. The van der Waals surface area contributed by atoms with Crippen LogP contribution in [0.15, 0.2) is 53.6 Å². The third kappa shape index (κ3) is 4.96. The molecule has 9 rings (SSSR count). The van der Waals surface area contributed by atoms with E-state index in [2.05, 4.69) is 6.07 Å². The number of benzene rings is 3. The van der Waals surface area contributed by atoms with Crippen LogP contribution in [0.1, 0.15) is 30.1 Å². The van der Waals surface area contributed by atoms with Gasteiger partial charge in [0.2, 0.25) is 5.91 Å². The summed E-state index contributed by atoms with van der Waals surface area (Å²) in [7, 11) is -1.67. The van der Waals surface area contributed by atoms with E-state index < -0.39 is 28.5 Å². The number of carboxylic acid groups (broad SMARTS) is 1. The summed E-state index contributed by atoms with van der Waals surface area (Å²) >= 11 is 0. The zero-order valence-corrected chi connectivity index (χ0v) is 27.3. The van der Waals surface area contributed by atoms with Gasteiger partial charge in [-0.3, -0.25) is 9.00 Å². The number of aromatic nitrogens is 2. The van der Waals surface area contributed by atoms with Crippen LogP contribution in [0.4, 0.5) is 13.6 Å². The smallest absolute Gasteiger partial charge is 0.407 e. The first-order valence-electron chi connectivity index (χ1n) is 16.1. The van der Waals surface area contributed by atoms with Gasteiger partial charge < -0.3 is 24.2 Å². The standard InChI is InChI=1S/C36H31F2N5O5S/c1-49(47)35-27-15-23(17-41-10-11-48-18-29(41)44)43(33-21-13-28(33)42(16-21)36(45)46)34(27)26-12-20(5-3-9-39)30(31(38)32(26)40-35)24-6-2-4-19-7-8-22(37)14-25(19)24/h2,4,6-8,12,14-15,21,28,33H,3,5,10-11,13,16-18H2,1H3,(H,45,46)/t21-,28-,33+,49?/m1/s1. The van der Waals surface area contributed by atoms with E-state index >= 15 is 4.39 Å². The number of fused-ring (bicyclic) bond motifs is 5. The molecule has 1 aliphatic carbocycles. The molecule has 1 N–H and O–H groups in total. The summed E-state index contributed by atoms with van der Waals surface area (Å²) in [6.07, 6.45) is 1.43. The Kier molecular flexibility index (Phi) is 7.61. The molecule has 2 amide bonds. The van der Waals surface area contributed by atoms with E-state index in [1.807, 2.05) is 22.8 Å². The first-order chi connectivity index (χ1) is 23.7. The molecule has 1 saturated carbocycles. The van der Waals surface area contributed by atoms with Gasteiger partial charge in [-0.25, -0.2) is 18.6 Å². The van der Waals surface area contributed by atoms with Gasteiger partial charge in [0.25, 0.3) is 0 Å². The summed E-state index contributed by atoms with van der Waals surface area (Å²) in [6, 6.07) is 14.8. The minimum Gasteiger partial charge on any atom is -0.465 e. The molecule has 10 nitrogen and oxygen atoms in total. The van der Waals surface area contributed by atoms with Gasteiger partial charge in [0, 0.05) is 53.7 Å². The molecule has 5 aromatic rings. The number of nitrogens with zero attached hydrogens (tertiary/aromatic N) is 5. The van der Waals surface area contributed by atoms with E-state index in [1.54, 1.807) is 23.1 Å². The molecule has 3 saturated heterocycles. The first-order valence-corrected chi connectivity index (χ1v) is 17.6. The van der Waals surface area contributed by atoms with E-state index in [9.17, 15) is 28.6 Å². The fraction of sp³-hybridized carbons (Fsp3) is 0.333. The van der Waals surface area contributed by atoms with Crippen molar-refractivity contribution in [2.75, 3.05) is 32.6 Å². The van der Waals surface area contributed by atoms with E-state index in [4.69, 9.17) is 9.72 Å². The number of morpholine rings is 1. The van der Waals surface area contributed by atoms with Crippen LogP contribution in [-0.4, -0.2) is 79.3 Å². The maximum absolute atomic E-state index is 17.3. The molecule has 3 aromatic carbocycles. The van der Waals surface area contributed by atoms with Gasteiger partial charge in [-0.05, 0) is 59.0 Å². The van der Waals surface area contributed by atoms with Crippen LogP contribution in [0.5, 0.6) is 0 Å².